The van der Waals surface area contributed by atoms with Gasteiger partial charge < -0.3 is 0 Å². The average molecular weight is 122 g/mol. The molecule has 0 nitrogen and oxygen atoms in total. The van der Waals surface area contributed by atoms with Crippen molar-refractivity contribution in [3.8, 4) is 0 Å². The molecule has 0 aromatic heterocycles. The Kier molecular flexibility index (Phi) is 4.95. The molecule has 0 bridgehead atoms. The molecule has 0 fully saturated rings. The first-order valence-electron chi connectivity index (χ1n) is 3.55. The number of allylic oxidation sites excluding steroid dienone is 3. The summed E-state index contributed by atoms with van der Waals surface area (Å²) < 4.78 is 0. The van der Waals surface area contributed by atoms with Gasteiger partial charge in [-0.1, -0.05) is 26.8 Å². The molecule has 1 aliphatic rings. The van der Waals surface area contributed by atoms with Crippen LogP contribution < -0.4 is 0 Å². The summed E-state index contributed by atoms with van der Waals surface area (Å²) in [7, 11) is 0. The van der Waals surface area contributed by atoms with Gasteiger partial charge in [-0.05, 0) is 24.1 Å². The second kappa shape index (κ2) is 5.40. The number of hydrogen-bond donors (Lipinski definition) is 0. The molecular formula is C9H14. The summed E-state index contributed by atoms with van der Waals surface area (Å²) in [5.74, 6) is 0. The van der Waals surface area contributed by atoms with Crippen LogP contribution in [0, 0.1) is 0 Å². The molecule has 1 aliphatic carbocycles. The average Bonchev–Trinajstić information content (AvgIpc) is 2.43. The lowest BCUT2D eigenvalue weighted by Gasteiger charge is -1.83. The lowest BCUT2D eigenvalue weighted by atomic mass is 10.2. The maximum Gasteiger partial charge on any atom is -0.0168 e. The van der Waals surface area contributed by atoms with Gasteiger partial charge in [0.2, 0.25) is 0 Å². The Morgan fingerprint density at radius 3 is 2.33 bits per heavy atom. The molecule has 0 atom stereocenters. The van der Waals surface area contributed by atoms with Crippen molar-refractivity contribution in [2.75, 3.05) is 0 Å². The predicted molar refractivity (Wildman–Crippen MR) is 42.4 cm³/mol. The Morgan fingerprint density at radius 1 is 1.44 bits per heavy atom. The van der Waals surface area contributed by atoms with Crippen LogP contribution in [0.4, 0.5) is 0 Å². The molecule has 1 rings (SSSR count). The zero-order valence-electron chi connectivity index (χ0n) is 6.44. The van der Waals surface area contributed by atoms with Crippen molar-refractivity contribution in [1.29, 1.82) is 0 Å². The Balaban J connectivity index is 0.000000291. The van der Waals surface area contributed by atoms with E-state index in [-0.39, 0.29) is 0 Å². The van der Waals surface area contributed by atoms with Gasteiger partial charge in [0.05, 0.1) is 0 Å². The molecule has 0 saturated heterocycles. The van der Waals surface area contributed by atoms with Gasteiger partial charge in [0.25, 0.3) is 0 Å². The maximum absolute atomic E-state index is 2.98. The molecule has 0 heteroatoms. The molecule has 0 unspecified atom stereocenters. The van der Waals surface area contributed by atoms with Gasteiger partial charge in [-0.15, -0.1) is 5.73 Å². The van der Waals surface area contributed by atoms with Crippen LogP contribution in [0.3, 0.4) is 0 Å². The first kappa shape index (κ1) is 8.26. The van der Waals surface area contributed by atoms with E-state index in [2.05, 4.69) is 18.7 Å². The Labute approximate surface area is 57.6 Å². The minimum Gasteiger partial charge on any atom is -0.121 e. The lowest BCUT2D eigenvalue weighted by Crippen LogP contribution is -1.64. The summed E-state index contributed by atoms with van der Waals surface area (Å²) in [6.45, 7) is 6.14. The SMILES string of the molecule is CC.CCC1=CC=C=C1. The van der Waals surface area contributed by atoms with Crippen molar-refractivity contribution in [3.63, 3.8) is 0 Å². The largest absolute Gasteiger partial charge is 0.121 e. The summed E-state index contributed by atoms with van der Waals surface area (Å²) in [6.07, 6.45) is 7.17. The van der Waals surface area contributed by atoms with Crippen LogP contribution in [0.25, 0.3) is 0 Å². The predicted octanol–water partition coefficient (Wildman–Crippen LogP) is 3.07. The highest BCUT2D eigenvalue weighted by molar-refractivity contribution is 5.29. The molecule has 0 aromatic carbocycles. The van der Waals surface area contributed by atoms with Gasteiger partial charge in [0, 0.05) is 0 Å². The van der Waals surface area contributed by atoms with Crippen molar-refractivity contribution in [2.45, 2.75) is 27.2 Å². The van der Waals surface area contributed by atoms with Crippen LogP contribution >= 0.6 is 0 Å². The fraction of sp³-hybridized carbons (Fsp3) is 0.444. The van der Waals surface area contributed by atoms with Crippen LogP contribution in [0.1, 0.15) is 27.2 Å². The monoisotopic (exact) mass is 122 g/mol. The van der Waals surface area contributed by atoms with Crippen molar-refractivity contribution < 1.29 is 0 Å². The highest BCUT2D eigenvalue weighted by Gasteiger charge is 1.85. The zero-order chi connectivity index (χ0) is 7.11. The topological polar surface area (TPSA) is 0 Å². The van der Waals surface area contributed by atoms with Gasteiger partial charge >= 0.3 is 0 Å². The van der Waals surface area contributed by atoms with Gasteiger partial charge in [-0.25, -0.2) is 0 Å². The van der Waals surface area contributed by atoms with Crippen molar-refractivity contribution in [3.05, 3.63) is 29.5 Å². The quantitative estimate of drug-likeness (QED) is 0.469. The van der Waals surface area contributed by atoms with E-state index >= 15 is 0 Å². The molecule has 0 aliphatic heterocycles. The summed E-state index contributed by atoms with van der Waals surface area (Å²) >= 11 is 0. The van der Waals surface area contributed by atoms with Crippen LogP contribution in [0.2, 0.25) is 0 Å². The van der Waals surface area contributed by atoms with E-state index in [1.807, 2.05) is 26.0 Å². The van der Waals surface area contributed by atoms with Gasteiger partial charge in [0.15, 0.2) is 0 Å². The van der Waals surface area contributed by atoms with E-state index < -0.39 is 0 Å². The fourth-order valence-electron chi connectivity index (χ4n) is 0.578. The van der Waals surface area contributed by atoms with Crippen molar-refractivity contribution >= 4 is 0 Å². The molecule has 0 aromatic rings. The van der Waals surface area contributed by atoms with Crippen molar-refractivity contribution in [1.82, 2.24) is 0 Å². The van der Waals surface area contributed by atoms with Crippen LogP contribution in [-0.2, 0) is 0 Å². The number of hydrogen-bond acceptors (Lipinski definition) is 0. The molecule has 0 saturated carbocycles. The molecule has 0 amide bonds. The second-order valence-electron chi connectivity index (χ2n) is 1.57. The minimum absolute atomic E-state index is 1.13. The summed E-state index contributed by atoms with van der Waals surface area (Å²) in [5.41, 5.74) is 4.36. The number of rotatable bonds is 1. The highest BCUT2D eigenvalue weighted by atomic mass is 13.9. The molecule has 9 heavy (non-hydrogen) atoms. The van der Waals surface area contributed by atoms with E-state index in [1.54, 1.807) is 0 Å². The summed E-state index contributed by atoms with van der Waals surface area (Å²) in [6, 6.07) is 0. The minimum atomic E-state index is 1.13. The van der Waals surface area contributed by atoms with Crippen molar-refractivity contribution in [2.24, 2.45) is 0 Å². The summed E-state index contributed by atoms with van der Waals surface area (Å²) in [4.78, 5) is 0. The molecule has 0 spiro atoms. The summed E-state index contributed by atoms with van der Waals surface area (Å²) in [5, 5.41) is 0. The first-order chi connectivity index (χ1) is 4.43. The highest BCUT2D eigenvalue weighted by Crippen LogP contribution is 2.05. The van der Waals surface area contributed by atoms with Gasteiger partial charge in [0.1, 0.15) is 0 Å². The molecule has 0 heterocycles. The van der Waals surface area contributed by atoms with Crippen LogP contribution in [0.15, 0.2) is 29.5 Å². The third-order valence-electron chi connectivity index (χ3n) is 1.07. The second-order valence-corrected chi connectivity index (χ2v) is 1.57. The molecule has 50 valence electrons. The fourth-order valence-corrected chi connectivity index (χ4v) is 0.578. The Hall–Kier alpha value is -0.740. The standard InChI is InChI=1S/C7H8.C2H6/c1-2-7-5-3-4-6-7;1-2/h3,5-6H,2H2,1H3;1-2H3. The maximum atomic E-state index is 2.98. The van der Waals surface area contributed by atoms with E-state index in [0.29, 0.717) is 0 Å². The molecule has 0 N–H and O–H groups in total. The van der Waals surface area contributed by atoms with E-state index in [4.69, 9.17) is 0 Å². The molecular weight excluding hydrogens is 108 g/mol. The molecule has 0 radical (unpaired) electrons. The van der Waals surface area contributed by atoms with Crippen LogP contribution in [0.5, 0.6) is 0 Å². The van der Waals surface area contributed by atoms with E-state index in [1.165, 1.54) is 5.57 Å². The normalized spacial score (nSPS) is 12.6. The Bertz CT molecular complexity index is 143. The zero-order valence-corrected chi connectivity index (χ0v) is 6.44. The smallest absolute Gasteiger partial charge is 0.0168 e. The third kappa shape index (κ3) is 2.94. The first-order valence-corrected chi connectivity index (χ1v) is 3.55. The van der Waals surface area contributed by atoms with E-state index in [9.17, 15) is 0 Å². The van der Waals surface area contributed by atoms with E-state index in [0.717, 1.165) is 6.42 Å². The van der Waals surface area contributed by atoms with Gasteiger partial charge in [-0.2, -0.15) is 0 Å². The van der Waals surface area contributed by atoms with Crippen LogP contribution in [-0.4, -0.2) is 0 Å². The lowest BCUT2D eigenvalue weighted by molar-refractivity contribution is 1.16. The third-order valence-corrected chi connectivity index (χ3v) is 1.07. The van der Waals surface area contributed by atoms with Gasteiger partial charge in [-0.3, -0.25) is 0 Å². The Morgan fingerprint density at radius 2 is 2.11 bits per heavy atom.